The van der Waals surface area contributed by atoms with Crippen LogP contribution < -0.4 is 14.8 Å². The predicted molar refractivity (Wildman–Crippen MR) is 89.1 cm³/mol. The van der Waals surface area contributed by atoms with Gasteiger partial charge in [-0.1, -0.05) is 23.7 Å². The molecule has 4 heteroatoms. The number of hydrogen-bond donors (Lipinski definition) is 1. The second-order valence-electron chi connectivity index (χ2n) is 5.49. The Labute approximate surface area is 136 Å². The summed E-state index contributed by atoms with van der Waals surface area (Å²) >= 11 is 5.96. The van der Waals surface area contributed by atoms with Crippen LogP contribution in [-0.2, 0) is 12.8 Å². The van der Waals surface area contributed by atoms with E-state index in [0.29, 0.717) is 0 Å². The van der Waals surface area contributed by atoms with Crippen molar-refractivity contribution in [3.63, 3.8) is 0 Å². The standard InChI is InChI=1S/C18H20ClNO2/c1-21-17-10-13-7-8-20-16(15(13)11-18(17)22-2)9-12-3-5-14(19)6-4-12/h3-6,10-11,16,20H,7-9H2,1-2H3/t16-/m0/s1. The monoisotopic (exact) mass is 317 g/mol. The number of rotatable bonds is 4. The maximum Gasteiger partial charge on any atom is 0.161 e. The molecule has 1 N–H and O–H groups in total. The van der Waals surface area contributed by atoms with Crippen molar-refractivity contribution < 1.29 is 9.47 Å². The van der Waals surface area contributed by atoms with Crippen molar-refractivity contribution in [2.75, 3.05) is 20.8 Å². The van der Waals surface area contributed by atoms with Crippen LogP contribution in [-0.4, -0.2) is 20.8 Å². The van der Waals surface area contributed by atoms with Gasteiger partial charge in [0.05, 0.1) is 14.2 Å². The zero-order valence-electron chi connectivity index (χ0n) is 12.9. The molecule has 0 aromatic heterocycles. The summed E-state index contributed by atoms with van der Waals surface area (Å²) in [5, 5.41) is 4.37. The molecule has 0 spiro atoms. The second-order valence-corrected chi connectivity index (χ2v) is 5.93. The highest BCUT2D eigenvalue weighted by Crippen LogP contribution is 2.36. The number of methoxy groups -OCH3 is 2. The third kappa shape index (κ3) is 3.06. The number of fused-ring (bicyclic) bond motifs is 1. The van der Waals surface area contributed by atoms with Crippen LogP contribution in [0.4, 0.5) is 0 Å². The van der Waals surface area contributed by atoms with Crippen LogP contribution in [0.5, 0.6) is 11.5 Å². The van der Waals surface area contributed by atoms with E-state index in [2.05, 4.69) is 29.6 Å². The van der Waals surface area contributed by atoms with Gasteiger partial charge in [-0.2, -0.15) is 0 Å². The van der Waals surface area contributed by atoms with Gasteiger partial charge in [0.2, 0.25) is 0 Å². The van der Waals surface area contributed by atoms with E-state index in [9.17, 15) is 0 Å². The summed E-state index contributed by atoms with van der Waals surface area (Å²) < 4.78 is 10.9. The van der Waals surface area contributed by atoms with Crippen LogP contribution in [0.3, 0.4) is 0 Å². The fourth-order valence-corrected chi connectivity index (χ4v) is 3.13. The Morgan fingerprint density at radius 2 is 1.77 bits per heavy atom. The van der Waals surface area contributed by atoms with Gasteiger partial charge in [0, 0.05) is 11.1 Å². The minimum Gasteiger partial charge on any atom is -0.493 e. The van der Waals surface area contributed by atoms with Gasteiger partial charge in [-0.3, -0.25) is 0 Å². The van der Waals surface area contributed by atoms with E-state index in [1.807, 2.05) is 12.1 Å². The van der Waals surface area contributed by atoms with Gasteiger partial charge in [-0.05, 0) is 60.3 Å². The molecule has 0 amide bonds. The largest absolute Gasteiger partial charge is 0.493 e. The smallest absolute Gasteiger partial charge is 0.161 e. The molecule has 0 unspecified atom stereocenters. The lowest BCUT2D eigenvalue weighted by Gasteiger charge is -2.28. The number of hydrogen-bond acceptors (Lipinski definition) is 3. The van der Waals surface area contributed by atoms with Crippen molar-refractivity contribution in [3.05, 3.63) is 58.1 Å². The van der Waals surface area contributed by atoms with E-state index >= 15 is 0 Å². The van der Waals surface area contributed by atoms with E-state index in [4.69, 9.17) is 21.1 Å². The Balaban J connectivity index is 1.91. The minimum atomic E-state index is 0.282. The van der Waals surface area contributed by atoms with Gasteiger partial charge in [0.25, 0.3) is 0 Å². The second kappa shape index (κ2) is 6.59. The van der Waals surface area contributed by atoms with Crippen LogP contribution in [0.1, 0.15) is 22.7 Å². The van der Waals surface area contributed by atoms with Crippen molar-refractivity contribution >= 4 is 11.6 Å². The number of benzene rings is 2. The van der Waals surface area contributed by atoms with Crippen molar-refractivity contribution in [3.8, 4) is 11.5 Å². The minimum absolute atomic E-state index is 0.282. The zero-order chi connectivity index (χ0) is 15.5. The Morgan fingerprint density at radius 1 is 1.09 bits per heavy atom. The van der Waals surface area contributed by atoms with E-state index in [0.717, 1.165) is 35.9 Å². The summed E-state index contributed by atoms with van der Waals surface area (Å²) in [6.45, 7) is 0.973. The average Bonchev–Trinajstić information content (AvgIpc) is 2.56. The number of ether oxygens (including phenoxy) is 2. The topological polar surface area (TPSA) is 30.5 Å². The lowest BCUT2D eigenvalue weighted by Crippen LogP contribution is -2.31. The normalized spacial score (nSPS) is 17.0. The molecule has 0 radical (unpaired) electrons. The van der Waals surface area contributed by atoms with Crippen LogP contribution >= 0.6 is 11.6 Å². The Bertz CT molecular complexity index is 655. The molecule has 116 valence electrons. The predicted octanol–water partition coefficient (Wildman–Crippen LogP) is 3.79. The van der Waals surface area contributed by atoms with Crippen molar-refractivity contribution in [2.24, 2.45) is 0 Å². The highest BCUT2D eigenvalue weighted by Gasteiger charge is 2.22. The molecule has 22 heavy (non-hydrogen) atoms. The van der Waals surface area contributed by atoms with E-state index in [1.54, 1.807) is 14.2 Å². The summed E-state index contributed by atoms with van der Waals surface area (Å²) in [5.41, 5.74) is 3.89. The van der Waals surface area contributed by atoms with Crippen LogP contribution in [0, 0.1) is 0 Å². The van der Waals surface area contributed by atoms with E-state index < -0.39 is 0 Å². The lowest BCUT2D eigenvalue weighted by molar-refractivity contribution is 0.352. The van der Waals surface area contributed by atoms with E-state index in [1.165, 1.54) is 16.7 Å². The summed E-state index contributed by atoms with van der Waals surface area (Å²) in [7, 11) is 3.35. The summed E-state index contributed by atoms with van der Waals surface area (Å²) in [4.78, 5) is 0. The Morgan fingerprint density at radius 3 is 2.45 bits per heavy atom. The molecule has 1 heterocycles. The molecule has 3 nitrogen and oxygen atoms in total. The van der Waals surface area contributed by atoms with Crippen molar-refractivity contribution in [1.29, 1.82) is 0 Å². The van der Waals surface area contributed by atoms with Gasteiger partial charge in [-0.25, -0.2) is 0 Å². The summed E-state index contributed by atoms with van der Waals surface area (Å²) in [6, 6.07) is 12.5. The van der Waals surface area contributed by atoms with Crippen molar-refractivity contribution in [2.45, 2.75) is 18.9 Å². The van der Waals surface area contributed by atoms with Gasteiger partial charge in [0.15, 0.2) is 11.5 Å². The number of nitrogens with one attached hydrogen (secondary N) is 1. The first-order valence-corrected chi connectivity index (χ1v) is 7.81. The molecule has 0 bridgehead atoms. The molecular formula is C18H20ClNO2. The van der Waals surface area contributed by atoms with Crippen LogP contribution in [0.25, 0.3) is 0 Å². The SMILES string of the molecule is COc1cc2c(cc1OC)[C@H](Cc1ccc(Cl)cc1)NCC2. The van der Waals surface area contributed by atoms with Crippen molar-refractivity contribution in [1.82, 2.24) is 5.32 Å². The Hall–Kier alpha value is -1.71. The molecule has 0 fully saturated rings. The highest BCUT2D eigenvalue weighted by atomic mass is 35.5. The molecule has 1 aliphatic rings. The quantitative estimate of drug-likeness (QED) is 0.930. The molecule has 1 atom stereocenters. The maximum atomic E-state index is 5.96. The fourth-order valence-electron chi connectivity index (χ4n) is 3.01. The lowest BCUT2D eigenvalue weighted by atomic mass is 9.90. The van der Waals surface area contributed by atoms with Crippen LogP contribution in [0.15, 0.2) is 36.4 Å². The molecule has 0 saturated heterocycles. The molecular weight excluding hydrogens is 298 g/mol. The first-order chi connectivity index (χ1) is 10.7. The molecule has 2 aromatic rings. The third-order valence-electron chi connectivity index (χ3n) is 4.16. The zero-order valence-corrected chi connectivity index (χ0v) is 13.6. The van der Waals surface area contributed by atoms with E-state index in [-0.39, 0.29) is 6.04 Å². The summed E-state index contributed by atoms with van der Waals surface area (Å²) in [5.74, 6) is 1.58. The first-order valence-electron chi connectivity index (χ1n) is 7.44. The number of halogens is 1. The molecule has 0 aliphatic carbocycles. The molecule has 1 aliphatic heterocycles. The average molecular weight is 318 g/mol. The van der Waals surface area contributed by atoms with Gasteiger partial charge in [0.1, 0.15) is 0 Å². The van der Waals surface area contributed by atoms with Gasteiger partial charge in [-0.15, -0.1) is 0 Å². The fraction of sp³-hybridized carbons (Fsp3) is 0.333. The summed E-state index contributed by atoms with van der Waals surface area (Å²) in [6.07, 6.45) is 1.94. The first kappa shape index (κ1) is 15.2. The highest BCUT2D eigenvalue weighted by molar-refractivity contribution is 6.30. The van der Waals surface area contributed by atoms with Gasteiger partial charge >= 0.3 is 0 Å². The van der Waals surface area contributed by atoms with Gasteiger partial charge < -0.3 is 14.8 Å². The third-order valence-corrected chi connectivity index (χ3v) is 4.41. The molecule has 0 saturated carbocycles. The maximum absolute atomic E-state index is 5.96. The molecule has 2 aromatic carbocycles. The van der Waals surface area contributed by atoms with Crippen LogP contribution in [0.2, 0.25) is 5.02 Å². The molecule has 3 rings (SSSR count). The Kier molecular flexibility index (Phi) is 4.55.